The third kappa shape index (κ3) is 4.35. The van der Waals surface area contributed by atoms with E-state index in [1.807, 2.05) is 12.3 Å². The highest BCUT2D eigenvalue weighted by Crippen LogP contribution is 2.36. The van der Waals surface area contributed by atoms with Gasteiger partial charge in [-0.05, 0) is 62.0 Å². The molecule has 0 spiro atoms. The molecule has 2 aliphatic carbocycles. The molecule has 2 fully saturated rings. The standard InChI is InChI=1S/C20H30N2O2/c23-14-15-8-10-18(11-9-15)22-20(24)19(16-5-2-1-3-6-16)17-7-4-12-21-13-17/h4,7,12-13,15-16,18-19,23H,1-3,5-6,8-11,14H2,(H,22,24). The maximum atomic E-state index is 13.1. The third-order valence-electron chi connectivity index (χ3n) is 5.90. The minimum Gasteiger partial charge on any atom is -0.396 e. The van der Waals surface area contributed by atoms with Crippen LogP contribution in [-0.4, -0.2) is 28.6 Å². The van der Waals surface area contributed by atoms with Gasteiger partial charge in [0.1, 0.15) is 0 Å². The van der Waals surface area contributed by atoms with E-state index in [9.17, 15) is 9.90 Å². The van der Waals surface area contributed by atoms with Gasteiger partial charge in [-0.25, -0.2) is 0 Å². The highest BCUT2D eigenvalue weighted by Gasteiger charge is 2.33. The first kappa shape index (κ1) is 17.4. The van der Waals surface area contributed by atoms with Crippen molar-refractivity contribution in [1.82, 2.24) is 10.3 Å². The van der Waals surface area contributed by atoms with E-state index in [1.54, 1.807) is 6.20 Å². The molecule has 1 aromatic rings. The number of pyridine rings is 1. The molecule has 0 radical (unpaired) electrons. The molecule has 2 aliphatic rings. The Bertz CT molecular complexity index is 506. The van der Waals surface area contributed by atoms with Crippen LogP contribution in [0.15, 0.2) is 24.5 Å². The first-order valence-electron chi connectivity index (χ1n) is 9.59. The highest BCUT2D eigenvalue weighted by molar-refractivity contribution is 5.84. The zero-order chi connectivity index (χ0) is 16.8. The molecule has 1 aromatic heterocycles. The van der Waals surface area contributed by atoms with Crippen LogP contribution in [0.1, 0.15) is 69.3 Å². The van der Waals surface area contributed by atoms with E-state index in [-0.39, 0.29) is 24.5 Å². The highest BCUT2D eigenvalue weighted by atomic mass is 16.3. The molecule has 4 nitrogen and oxygen atoms in total. The van der Waals surface area contributed by atoms with Crippen LogP contribution in [0, 0.1) is 11.8 Å². The first-order valence-corrected chi connectivity index (χ1v) is 9.59. The van der Waals surface area contributed by atoms with Crippen molar-refractivity contribution in [1.29, 1.82) is 0 Å². The number of amides is 1. The quantitative estimate of drug-likeness (QED) is 0.869. The predicted octanol–water partition coefficient (Wildman–Crippen LogP) is 3.41. The average molecular weight is 330 g/mol. The van der Waals surface area contributed by atoms with Crippen LogP contribution < -0.4 is 5.32 Å². The van der Waals surface area contributed by atoms with Crippen LogP contribution in [0.4, 0.5) is 0 Å². The van der Waals surface area contributed by atoms with Gasteiger partial charge in [-0.1, -0.05) is 25.3 Å². The monoisotopic (exact) mass is 330 g/mol. The molecule has 0 saturated heterocycles. The molecule has 0 bridgehead atoms. The topological polar surface area (TPSA) is 62.2 Å². The fraction of sp³-hybridized carbons (Fsp3) is 0.700. The van der Waals surface area contributed by atoms with Gasteiger partial charge < -0.3 is 10.4 Å². The molecule has 1 atom stereocenters. The molecule has 0 aromatic carbocycles. The number of nitrogens with one attached hydrogen (secondary N) is 1. The molecule has 0 aliphatic heterocycles. The second kappa shape index (κ2) is 8.61. The summed E-state index contributed by atoms with van der Waals surface area (Å²) in [5.74, 6) is 0.985. The van der Waals surface area contributed by atoms with Gasteiger partial charge in [0.05, 0.1) is 5.92 Å². The Hall–Kier alpha value is -1.42. The Labute approximate surface area is 145 Å². The Morgan fingerprint density at radius 2 is 1.92 bits per heavy atom. The molecule has 1 heterocycles. The molecule has 2 saturated carbocycles. The zero-order valence-electron chi connectivity index (χ0n) is 14.5. The third-order valence-corrected chi connectivity index (χ3v) is 5.90. The van der Waals surface area contributed by atoms with Gasteiger partial charge in [0.2, 0.25) is 5.91 Å². The minimum absolute atomic E-state index is 0.0606. The Morgan fingerprint density at radius 3 is 2.54 bits per heavy atom. The number of nitrogens with zero attached hydrogens (tertiary/aromatic N) is 1. The Kier molecular flexibility index (Phi) is 6.24. The lowest BCUT2D eigenvalue weighted by Crippen LogP contribution is -2.42. The fourth-order valence-corrected chi connectivity index (χ4v) is 4.45. The Balaban J connectivity index is 1.67. The van der Waals surface area contributed by atoms with E-state index < -0.39 is 0 Å². The molecule has 4 heteroatoms. The summed E-state index contributed by atoms with van der Waals surface area (Å²) < 4.78 is 0. The van der Waals surface area contributed by atoms with Crippen molar-refractivity contribution in [3.63, 3.8) is 0 Å². The lowest BCUT2D eigenvalue weighted by atomic mass is 9.76. The number of aliphatic hydroxyl groups excluding tert-OH is 1. The summed E-state index contributed by atoms with van der Waals surface area (Å²) in [6.07, 6.45) is 13.7. The number of carbonyl (C=O) groups excluding carboxylic acids is 1. The molecule has 1 amide bonds. The molecule has 132 valence electrons. The maximum absolute atomic E-state index is 13.1. The summed E-state index contributed by atoms with van der Waals surface area (Å²) in [4.78, 5) is 17.3. The van der Waals surface area contributed by atoms with Gasteiger partial charge in [0, 0.05) is 25.0 Å². The van der Waals surface area contributed by atoms with Crippen molar-refractivity contribution in [3.8, 4) is 0 Å². The molecule has 1 unspecified atom stereocenters. The second-order valence-electron chi connectivity index (χ2n) is 7.57. The van der Waals surface area contributed by atoms with E-state index in [0.29, 0.717) is 11.8 Å². The van der Waals surface area contributed by atoms with Gasteiger partial charge in [-0.15, -0.1) is 0 Å². The van der Waals surface area contributed by atoms with Gasteiger partial charge in [-0.3, -0.25) is 9.78 Å². The van der Waals surface area contributed by atoms with Crippen LogP contribution in [0.25, 0.3) is 0 Å². The number of aliphatic hydroxyl groups is 1. The van der Waals surface area contributed by atoms with E-state index in [1.165, 1.54) is 19.3 Å². The summed E-state index contributed by atoms with van der Waals surface area (Å²) >= 11 is 0. The summed E-state index contributed by atoms with van der Waals surface area (Å²) in [6.45, 7) is 0.279. The fourth-order valence-electron chi connectivity index (χ4n) is 4.45. The Morgan fingerprint density at radius 1 is 1.17 bits per heavy atom. The smallest absolute Gasteiger partial charge is 0.228 e. The van der Waals surface area contributed by atoms with Crippen LogP contribution in [0.2, 0.25) is 0 Å². The van der Waals surface area contributed by atoms with Crippen LogP contribution in [0.3, 0.4) is 0 Å². The number of hydrogen-bond acceptors (Lipinski definition) is 3. The van der Waals surface area contributed by atoms with Crippen LogP contribution in [0.5, 0.6) is 0 Å². The summed E-state index contributed by atoms with van der Waals surface area (Å²) in [6, 6.07) is 4.25. The summed E-state index contributed by atoms with van der Waals surface area (Å²) in [7, 11) is 0. The van der Waals surface area contributed by atoms with Gasteiger partial charge >= 0.3 is 0 Å². The van der Waals surface area contributed by atoms with Crippen LogP contribution in [-0.2, 0) is 4.79 Å². The lowest BCUT2D eigenvalue weighted by molar-refractivity contribution is -0.125. The van der Waals surface area contributed by atoms with Crippen LogP contribution >= 0.6 is 0 Å². The van der Waals surface area contributed by atoms with Crippen molar-refractivity contribution < 1.29 is 9.90 Å². The number of rotatable bonds is 5. The van der Waals surface area contributed by atoms with E-state index in [4.69, 9.17) is 0 Å². The molecular formula is C20H30N2O2. The molecule has 2 N–H and O–H groups in total. The number of carbonyl (C=O) groups is 1. The number of aromatic nitrogens is 1. The maximum Gasteiger partial charge on any atom is 0.228 e. The van der Waals surface area contributed by atoms with Gasteiger partial charge in [0.25, 0.3) is 0 Å². The largest absolute Gasteiger partial charge is 0.396 e. The molecule has 3 rings (SSSR count). The minimum atomic E-state index is -0.0606. The predicted molar refractivity (Wildman–Crippen MR) is 94.5 cm³/mol. The van der Waals surface area contributed by atoms with E-state index in [2.05, 4.69) is 16.4 Å². The summed E-state index contributed by atoms with van der Waals surface area (Å²) in [5, 5.41) is 12.6. The molecule has 24 heavy (non-hydrogen) atoms. The SMILES string of the molecule is O=C(NC1CCC(CO)CC1)C(c1cccnc1)C1CCCCC1. The van der Waals surface area contributed by atoms with Crippen molar-refractivity contribution >= 4 is 5.91 Å². The average Bonchev–Trinajstić information content (AvgIpc) is 2.64. The molecular weight excluding hydrogens is 300 g/mol. The van der Waals surface area contributed by atoms with E-state index in [0.717, 1.165) is 44.1 Å². The van der Waals surface area contributed by atoms with Gasteiger partial charge in [0.15, 0.2) is 0 Å². The van der Waals surface area contributed by atoms with Crippen molar-refractivity contribution in [2.24, 2.45) is 11.8 Å². The van der Waals surface area contributed by atoms with Gasteiger partial charge in [-0.2, -0.15) is 0 Å². The first-order chi connectivity index (χ1) is 11.8. The summed E-state index contributed by atoms with van der Waals surface area (Å²) in [5.41, 5.74) is 1.06. The van der Waals surface area contributed by atoms with Crippen molar-refractivity contribution in [3.05, 3.63) is 30.1 Å². The normalized spacial score (nSPS) is 26.7. The van der Waals surface area contributed by atoms with Crippen molar-refractivity contribution in [2.45, 2.75) is 69.7 Å². The second-order valence-corrected chi connectivity index (χ2v) is 7.57. The van der Waals surface area contributed by atoms with E-state index >= 15 is 0 Å². The zero-order valence-corrected chi connectivity index (χ0v) is 14.5. The lowest BCUT2D eigenvalue weighted by Gasteiger charge is -2.33. The van der Waals surface area contributed by atoms with Crippen molar-refractivity contribution in [2.75, 3.05) is 6.61 Å². The number of hydrogen-bond donors (Lipinski definition) is 2.